The Bertz CT molecular complexity index is 1480. The molecule has 1 heterocycles. The zero-order valence-corrected chi connectivity index (χ0v) is 22.7. The van der Waals surface area contributed by atoms with Gasteiger partial charge in [0.2, 0.25) is 5.91 Å². The first kappa shape index (κ1) is 27.0. The predicted octanol–water partition coefficient (Wildman–Crippen LogP) is 7.26. The van der Waals surface area contributed by atoms with Gasteiger partial charge in [0, 0.05) is 34.6 Å². The van der Waals surface area contributed by atoms with Crippen LogP contribution in [0.25, 0.3) is 17.0 Å². The molecule has 0 aliphatic heterocycles. The Labute approximate surface area is 229 Å². The fourth-order valence-electron chi connectivity index (χ4n) is 4.74. The van der Waals surface area contributed by atoms with E-state index in [1.807, 2.05) is 73.7 Å². The van der Waals surface area contributed by atoms with Crippen molar-refractivity contribution in [2.24, 2.45) is 0 Å². The van der Waals surface area contributed by atoms with E-state index in [1.165, 1.54) is 11.1 Å². The summed E-state index contributed by atoms with van der Waals surface area (Å²) in [5.74, 6) is 1.16. The summed E-state index contributed by atoms with van der Waals surface area (Å²) in [6.45, 7) is 2.04. The molecule has 0 spiro atoms. The molecule has 1 aliphatic rings. The summed E-state index contributed by atoms with van der Waals surface area (Å²) in [6, 6.07) is 19.7. The second-order valence-electron chi connectivity index (χ2n) is 9.28. The van der Waals surface area contributed by atoms with Crippen molar-refractivity contribution >= 4 is 52.4 Å². The van der Waals surface area contributed by atoms with Crippen LogP contribution in [0.3, 0.4) is 0 Å². The fourth-order valence-corrected chi connectivity index (χ4v) is 4.74. The van der Waals surface area contributed by atoms with Gasteiger partial charge in [-0.25, -0.2) is 0 Å². The Kier molecular flexibility index (Phi) is 8.54. The first-order valence-corrected chi connectivity index (χ1v) is 12.5. The molecule has 2 N–H and O–H groups in total. The zero-order valence-electron chi connectivity index (χ0n) is 21.8. The number of halogens is 1. The van der Waals surface area contributed by atoms with E-state index in [0.717, 1.165) is 64.9 Å². The quantitative estimate of drug-likeness (QED) is 0.246. The molecule has 5 rings (SSSR count). The van der Waals surface area contributed by atoms with Crippen molar-refractivity contribution in [3.05, 3.63) is 89.1 Å². The summed E-state index contributed by atoms with van der Waals surface area (Å²) >= 11 is 0. The van der Waals surface area contributed by atoms with E-state index in [1.54, 1.807) is 20.3 Å². The minimum absolute atomic E-state index is 0. The molecule has 1 amide bonds. The number of benzene rings is 3. The van der Waals surface area contributed by atoms with E-state index >= 15 is 0 Å². The van der Waals surface area contributed by atoms with Crippen molar-refractivity contribution in [1.82, 2.24) is 4.98 Å². The number of aromatic nitrogens is 1. The van der Waals surface area contributed by atoms with Crippen LogP contribution < -0.4 is 20.1 Å². The molecule has 0 saturated carbocycles. The van der Waals surface area contributed by atoms with E-state index in [0.29, 0.717) is 11.5 Å². The van der Waals surface area contributed by atoms with Crippen LogP contribution in [-0.2, 0) is 17.6 Å². The SMILES string of the molecule is COc1ccc(Nc2c3c(nc4ccc(NC(=O)/C=C/c5ccc(C)cc5)cc24)CCCC3)cc1OC.Cl. The van der Waals surface area contributed by atoms with Gasteiger partial charge in [-0.3, -0.25) is 9.78 Å². The van der Waals surface area contributed by atoms with E-state index in [-0.39, 0.29) is 18.3 Å². The Morgan fingerprint density at radius 2 is 1.63 bits per heavy atom. The number of fused-ring (bicyclic) bond motifs is 2. The average molecular weight is 530 g/mol. The monoisotopic (exact) mass is 529 g/mol. The molecule has 0 radical (unpaired) electrons. The Morgan fingerprint density at radius 3 is 2.39 bits per heavy atom. The molecule has 0 unspecified atom stereocenters. The number of nitrogens with one attached hydrogen (secondary N) is 2. The average Bonchev–Trinajstić information content (AvgIpc) is 2.92. The largest absolute Gasteiger partial charge is 0.493 e. The molecule has 1 aromatic heterocycles. The molecule has 0 atom stereocenters. The number of pyridine rings is 1. The Morgan fingerprint density at radius 1 is 0.895 bits per heavy atom. The molecular weight excluding hydrogens is 498 g/mol. The number of rotatable bonds is 7. The van der Waals surface area contributed by atoms with Gasteiger partial charge in [0.1, 0.15) is 0 Å². The van der Waals surface area contributed by atoms with Crippen LogP contribution in [0.1, 0.15) is 35.2 Å². The smallest absolute Gasteiger partial charge is 0.248 e. The van der Waals surface area contributed by atoms with E-state index in [9.17, 15) is 4.79 Å². The molecule has 0 fully saturated rings. The third-order valence-electron chi connectivity index (χ3n) is 6.69. The molecule has 38 heavy (non-hydrogen) atoms. The lowest BCUT2D eigenvalue weighted by Gasteiger charge is -2.22. The molecule has 0 bridgehead atoms. The van der Waals surface area contributed by atoms with Crippen molar-refractivity contribution in [2.75, 3.05) is 24.9 Å². The summed E-state index contributed by atoms with van der Waals surface area (Å²) in [7, 11) is 3.26. The second-order valence-corrected chi connectivity index (χ2v) is 9.28. The predicted molar refractivity (Wildman–Crippen MR) is 157 cm³/mol. The van der Waals surface area contributed by atoms with Crippen molar-refractivity contribution in [3.63, 3.8) is 0 Å². The highest BCUT2D eigenvalue weighted by atomic mass is 35.5. The van der Waals surface area contributed by atoms with Crippen LogP contribution in [0.4, 0.5) is 17.1 Å². The Hall–Kier alpha value is -4.03. The molecule has 4 aromatic rings. The molecule has 196 valence electrons. The standard InChI is InChI=1S/C31H31N3O3.ClH/c1-20-8-10-21(11-9-20)12-17-30(35)32-22-13-15-27-25(18-22)31(24-6-4-5-7-26(24)34-27)33-23-14-16-28(36-2)29(19-23)37-3;/h8-19H,4-7H2,1-3H3,(H,32,35)(H,33,34);1H/b17-12+;. The number of ether oxygens (including phenoxy) is 2. The van der Waals surface area contributed by atoms with Crippen molar-refractivity contribution in [2.45, 2.75) is 32.6 Å². The van der Waals surface area contributed by atoms with Gasteiger partial charge in [0.25, 0.3) is 0 Å². The van der Waals surface area contributed by atoms with Gasteiger partial charge in [-0.05, 0) is 80.1 Å². The molecular formula is C31H32ClN3O3. The minimum Gasteiger partial charge on any atom is -0.493 e. The van der Waals surface area contributed by atoms with Crippen LogP contribution in [0.2, 0.25) is 0 Å². The van der Waals surface area contributed by atoms with Gasteiger partial charge < -0.3 is 20.1 Å². The number of carbonyl (C=O) groups is 1. The summed E-state index contributed by atoms with van der Waals surface area (Å²) in [5, 5.41) is 7.60. The van der Waals surface area contributed by atoms with Crippen LogP contribution >= 0.6 is 12.4 Å². The lowest BCUT2D eigenvalue weighted by atomic mass is 9.92. The van der Waals surface area contributed by atoms with Crippen LogP contribution in [0.15, 0.2) is 66.7 Å². The minimum atomic E-state index is -0.180. The Balaban J connectivity index is 0.00000336. The van der Waals surface area contributed by atoms with E-state index in [2.05, 4.69) is 10.6 Å². The summed E-state index contributed by atoms with van der Waals surface area (Å²) in [4.78, 5) is 17.6. The van der Waals surface area contributed by atoms with E-state index < -0.39 is 0 Å². The maximum Gasteiger partial charge on any atom is 0.248 e. The van der Waals surface area contributed by atoms with Crippen molar-refractivity contribution in [1.29, 1.82) is 0 Å². The number of hydrogen-bond acceptors (Lipinski definition) is 5. The molecule has 1 aliphatic carbocycles. The van der Waals surface area contributed by atoms with Gasteiger partial charge in [0.15, 0.2) is 11.5 Å². The third-order valence-corrected chi connectivity index (χ3v) is 6.69. The number of carbonyl (C=O) groups excluding carboxylic acids is 1. The van der Waals surface area contributed by atoms with E-state index in [4.69, 9.17) is 14.5 Å². The maximum absolute atomic E-state index is 12.7. The van der Waals surface area contributed by atoms with Crippen molar-refractivity contribution < 1.29 is 14.3 Å². The number of anilines is 3. The first-order valence-electron chi connectivity index (χ1n) is 12.5. The second kappa shape index (κ2) is 12.0. The molecule has 3 aromatic carbocycles. The van der Waals surface area contributed by atoms with Gasteiger partial charge >= 0.3 is 0 Å². The maximum atomic E-state index is 12.7. The summed E-state index contributed by atoms with van der Waals surface area (Å²) < 4.78 is 10.9. The molecule has 6 nitrogen and oxygen atoms in total. The molecule has 0 saturated heterocycles. The normalized spacial score (nSPS) is 12.5. The highest BCUT2D eigenvalue weighted by Gasteiger charge is 2.19. The molecule has 7 heteroatoms. The first-order chi connectivity index (χ1) is 18.0. The van der Waals surface area contributed by atoms with Gasteiger partial charge in [-0.2, -0.15) is 0 Å². The van der Waals surface area contributed by atoms with Gasteiger partial charge in [-0.15, -0.1) is 12.4 Å². The van der Waals surface area contributed by atoms with Gasteiger partial charge in [-0.1, -0.05) is 29.8 Å². The summed E-state index contributed by atoms with van der Waals surface area (Å²) in [5.41, 5.74) is 8.08. The van der Waals surface area contributed by atoms with Gasteiger partial charge in [0.05, 0.1) is 25.4 Å². The number of methoxy groups -OCH3 is 2. The zero-order chi connectivity index (χ0) is 25.8. The summed E-state index contributed by atoms with van der Waals surface area (Å²) in [6.07, 6.45) is 7.57. The number of amides is 1. The van der Waals surface area contributed by atoms with Crippen LogP contribution in [-0.4, -0.2) is 25.1 Å². The highest BCUT2D eigenvalue weighted by molar-refractivity contribution is 6.04. The number of nitrogens with zero attached hydrogens (tertiary/aromatic N) is 1. The highest BCUT2D eigenvalue weighted by Crippen LogP contribution is 2.38. The third kappa shape index (κ3) is 5.92. The number of aryl methyl sites for hydroxylation is 2. The number of hydrogen-bond donors (Lipinski definition) is 2. The fraction of sp³-hybridized carbons (Fsp3) is 0.226. The lowest BCUT2D eigenvalue weighted by molar-refractivity contribution is -0.111. The van der Waals surface area contributed by atoms with Crippen molar-refractivity contribution in [3.8, 4) is 11.5 Å². The lowest BCUT2D eigenvalue weighted by Crippen LogP contribution is -2.11. The topological polar surface area (TPSA) is 72.5 Å². The van der Waals surface area contributed by atoms with Crippen LogP contribution in [0.5, 0.6) is 11.5 Å². The van der Waals surface area contributed by atoms with Crippen LogP contribution in [0, 0.1) is 6.92 Å².